The molecule has 0 aliphatic carbocycles. The first-order chi connectivity index (χ1) is 10.0. The van der Waals surface area contributed by atoms with E-state index in [1.807, 2.05) is 6.92 Å². The molecule has 0 bridgehead atoms. The quantitative estimate of drug-likeness (QED) is 0.880. The Bertz CT molecular complexity index is 633. The van der Waals surface area contributed by atoms with Crippen molar-refractivity contribution in [2.75, 3.05) is 11.9 Å². The van der Waals surface area contributed by atoms with Crippen molar-refractivity contribution < 1.29 is 23.4 Å². The van der Waals surface area contributed by atoms with Crippen molar-refractivity contribution in [3.8, 4) is 5.75 Å². The molecule has 0 aromatic heterocycles. The van der Waals surface area contributed by atoms with Gasteiger partial charge in [-0.1, -0.05) is 0 Å². The van der Waals surface area contributed by atoms with E-state index < -0.39 is 28.9 Å². The maximum atomic E-state index is 13.8. The lowest BCUT2D eigenvalue weighted by Gasteiger charge is -2.10. The summed E-state index contributed by atoms with van der Waals surface area (Å²) in [6.45, 7) is 2.37. The van der Waals surface area contributed by atoms with Gasteiger partial charge in [0.2, 0.25) is 0 Å². The van der Waals surface area contributed by atoms with Crippen LogP contribution in [0.5, 0.6) is 5.75 Å². The predicted molar refractivity (Wildman–Crippen MR) is 74.2 cm³/mol. The van der Waals surface area contributed by atoms with Gasteiger partial charge >= 0.3 is 5.97 Å². The maximum absolute atomic E-state index is 13.8. The molecule has 2 aromatic rings. The second-order valence-corrected chi connectivity index (χ2v) is 4.20. The van der Waals surface area contributed by atoms with Crippen LogP contribution in [-0.4, -0.2) is 17.7 Å². The van der Waals surface area contributed by atoms with Gasteiger partial charge in [0, 0.05) is 5.69 Å². The minimum Gasteiger partial charge on any atom is -0.494 e. The SMILES string of the molecule is CCOc1ccc(Nc2c(F)cc(C(=O)O)cc2F)cc1. The molecule has 0 unspecified atom stereocenters. The van der Waals surface area contributed by atoms with Crippen LogP contribution in [0, 0.1) is 11.6 Å². The molecule has 0 saturated heterocycles. The molecule has 2 rings (SSSR count). The number of ether oxygens (including phenoxy) is 1. The molecular weight excluding hydrogens is 280 g/mol. The summed E-state index contributed by atoms with van der Waals surface area (Å²) in [7, 11) is 0. The van der Waals surface area contributed by atoms with Crippen molar-refractivity contribution in [1.29, 1.82) is 0 Å². The smallest absolute Gasteiger partial charge is 0.335 e. The summed E-state index contributed by atoms with van der Waals surface area (Å²) in [5, 5.41) is 11.3. The molecule has 0 radical (unpaired) electrons. The number of rotatable bonds is 5. The van der Waals surface area contributed by atoms with E-state index in [-0.39, 0.29) is 0 Å². The lowest BCUT2D eigenvalue weighted by Crippen LogP contribution is -2.03. The molecule has 0 amide bonds. The highest BCUT2D eigenvalue weighted by molar-refractivity contribution is 5.88. The molecule has 110 valence electrons. The van der Waals surface area contributed by atoms with Crippen molar-refractivity contribution in [2.45, 2.75) is 6.92 Å². The third kappa shape index (κ3) is 3.47. The molecule has 0 fully saturated rings. The summed E-state index contributed by atoms with van der Waals surface area (Å²) >= 11 is 0. The van der Waals surface area contributed by atoms with Gasteiger partial charge in [-0.05, 0) is 43.3 Å². The highest BCUT2D eigenvalue weighted by Gasteiger charge is 2.14. The van der Waals surface area contributed by atoms with Crippen LogP contribution in [0.25, 0.3) is 0 Å². The Balaban J connectivity index is 2.25. The van der Waals surface area contributed by atoms with Crippen LogP contribution in [0.1, 0.15) is 17.3 Å². The number of nitrogens with one attached hydrogen (secondary N) is 1. The van der Waals surface area contributed by atoms with Gasteiger partial charge in [-0.25, -0.2) is 13.6 Å². The summed E-state index contributed by atoms with van der Waals surface area (Å²) in [5.41, 5.74) is -0.384. The van der Waals surface area contributed by atoms with Crippen molar-refractivity contribution in [2.24, 2.45) is 0 Å². The van der Waals surface area contributed by atoms with Crippen LogP contribution in [-0.2, 0) is 0 Å². The summed E-state index contributed by atoms with van der Waals surface area (Å²) in [5.74, 6) is -2.69. The standard InChI is InChI=1S/C15H13F2NO3/c1-2-21-11-5-3-10(4-6-11)18-14-12(16)7-9(15(19)20)8-13(14)17/h3-8,18H,2H2,1H3,(H,19,20). The second-order valence-electron chi connectivity index (χ2n) is 4.20. The van der Waals surface area contributed by atoms with E-state index in [9.17, 15) is 13.6 Å². The van der Waals surface area contributed by atoms with Gasteiger partial charge in [0.25, 0.3) is 0 Å². The number of hydrogen-bond donors (Lipinski definition) is 2. The van der Waals surface area contributed by atoms with Gasteiger partial charge in [0.15, 0.2) is 11.6 Å². The van der Waals surface area contributed by atoms with Crippen molar-refractivity contribution >= 4 is 17.3 Å². The number of aromatic carboxylic acids is 1. The Morgan fingerprint density at radius 2 is 1.76 bits per heavy atom. The van der Waals surface area contributed by atoms with E-state index in [1.165, 1.54) is 0 Å². The van der Waals surface area contributed by atoms with E-state index in [0.717, 1.165) is 12.1 Å². The Morgan fingerprint density at radius 3 is 2.24 bits per heavy atom. The molecule has 2 aromatic carbocycles. The summed E-state index contributed by atoms with van der Waals surface area (Å²) in [6.07, 6.45) is 0. The average molecular weight is 293 g/mol. The molecular formula is C15H13F2NO3. The summed E-state index contributed by atoms with van der Waals surface area (Å²) in [6, 6.07) is 8.06. The Kier molecular flexibility index (Phi) is 4.37. The number of benzene rings is 2. The average Bonchev–Trinajstić information content (AvgIpc) is 2.44. The van der Waals surface area contributed by atoms with Gasteiger partial charge in [-0.3, -0.25) is 0 Å². The van der Waals surface area contributed by atoms with Gasteiger partial charge < -0.3 is 15.2 Å². The first kappa shape index (κ1) is 14.8. The van der Waals surface area contributed by atoms with Gasteiger partial charge in [0.1, 0.15) is 11.4 Å². The predicted octanol–water partition coefficient (Wildman–Crippen LogP) is 3.81. The molecule has 4 nitrogen and oxygen atoms in total. The summed E-state index contributed by atoms with van der Waals surface area (Å²) in [4.78, 5) is 10.7. The first-order valence-corrected chi connectivity index (χ1v) is 6.23. The number of carbonyl (C=O) groups is 1. The summed E-state index contributed by atoms with van der Waals surface area (Å²) < 4.78 is 32.8. The number of halogens is 2. The van der Waals surface area contributed by atoms with Crippen LogP contribution >= 0.6 is 0 Å². The lowest BCUT2D eigenvalue weighted by atomic mass is 10.1. The van der Waals surface area contributed by atoms with Gasteiger partial charge in [-0.2, -0.15) is 0 Å². The van der Waals surface area contributed by atoms with Crippen LogP contribution in [0.15, 0.2) is 36.4 Å². The zero-order valence-electron chi connectivity index (χ0n) is 11.2. The van der Waals surface area contributed by atoms with Crippen molar-refractivity contribution in [3.05, 3.63) is 53.6 Å². The third-order valence-electron chi connectivity index (χ3n) is 2.72. The maximum Gasteiger partial charge on any atom is 0.335 e. The largest absolute Gasteiger partial charge is 0.494 e. The van der Waals surface area contributed by atoms with Crippen LogP contribution in [0.2, 0.25) is 0 Å². The van der Waals surface area contributed by atoms with E-state index in [0.29, 0.717) is 18.0 Å². The number of hydrogen-bond acceptors (Lipinski definition) is 3. The number of carboxylic acids is 1. The zero-order valence-corrected chi connectivity index (χ0v) is 11.2. The van der Waals surface area contributed by atoms with Crippen LogP contribution < -0.4 is 10.1 Å². The minimum absolute atomic E-state index is 0.399. The van der Waals surface area contributed by atoms with Crippen LogP contribution in [0.4, 0.5) is 20.2 Å². The molecule has 0 heterocycles. The van der Waals surface area contributed by atoms with E-state index in [4.69, 9.17) is 9.84 Å². The fourth-order valence-electron chi connectivity index (χ4n) is 1.76. The van der Waals surface area contributed by atoms with Crippen molar-refractivity contribution in [3.63, 3.8) is 0 Å². The Labute approximate surface area is 120 Å². The Hall–Kier alpha value is -2.63. The second kappa shape index (κ2) is 6.21. The molecule has 0 aliphatic rings. The van der Waals surface area contributed by atoms with E-state index in [2.05, 4.69) is 5.32 Å². The van der Waals surface area contributed by atoms with Crippen molar-refractivity contribution in [1.82, 2.24) is 0 Å². The topological polar surface area (TPSA) is 58.6 Å². The number of anilines is 2. The van der Waals surface area contributed by atoms with E-state index in [1.54, 1.807) is 24.3 Å². The molecule has 21 heavy (non-hydrogen) atoms. The molecule has 0 atom stereocenters. The first-order valence-electron chi connectivity index (χ1n) is 6.23. The van der Waals surface area contributed by atoms with Crippen LogP contribution in [0.3, 0.4) is 0 Å². The monoisotopic (exact) mass is 293 g/mol. The minimum atomic E-state index is -1.39. The fourth-order valence-corrected chi connectivity index (χ4v) is 1.76. The number of carboxylic acid groups (broad SMARTS) is 1. The lowest BCUT2D eigenvalue weighted by molar-refractivity contribution is 0.0696. The molecule has 2 N–H and O–H groups in total. The molecule has 0 spiro atoms. The highest BCUT2D eigenvalue weighted by atomic mass is 19.1. The van der Waals surface area contributed by atoms with Gasteiger partial charge in [-0.15, -0.1) is 0 Å². The zero-order chi connectivity index (χ0) is 15.4. The fraction of sp³-hybridized carbons (Fsp3) is 0.133. The molecule has 6 heteroatoms. The molecule has 0 aliphatic heterocycles. The molecule has 0 saturated carbocycles. The third-order valence-corrected chi connectivity index (χ3v) is 2.72. The van der Waals surface area contributed by atoms with Gasteiger partial charge in [0.05, 0.1) is 12.2 Å². The highest BCUT2D eigenvalue weighted by Crippen LogP contribution is 2.26. The Morgan fingerprint density at radius 1 is 1.19 bits per heavy atom. The van der Waals surface area contributed by atoms with E-state index >= 15 is 0 Å². The normalized spacial score (nSPS) is 10.2.